The van der Waals surface area contributed by atoms with Crippen molar-refractivity contribution in [2.45, 2.75) is 6.61 Å². The van der Waals surface area contributed by atoms with Crippen molar-refractivity contribution in [2.75, 3.05) is 0 Å². The number of alkyl halides is 2. The summed E-state index contributed by atoms with van der Waals surface area (Å²) in [4.78, 5) is 33.7. The van der Waals surface area contributed by atoms with Crippen molar-refractivity contribution in [2.24, 2.45) is 0 Å². The SMILES string of the molecule is O=C(NNC(=O)c1cccc(OC(F)F)c1)c1ccc([N+](=O)[O-])cc1. The number of hydrazine groups is 1. The third kappa shape index (κ3) is 4.96. The summed E-state index contributed by atoms with van der Waals surface area (Å²) >= 11 is 0. The third-order valence-electron chi connectivity index (χ3n) is 2.95. The number of hydrogen-bond acceptors (Lipinski definition) is 5. The molecule has 10 heteroatoms. The van der Waals surface area contributed by atoms with Crippen LogP contribution in [0.4, 0.5) is 14.5 Å². The summed E-state index contributed by atoms with van der Waals surface area (Å²) in [5.41, 5.74) is 4.10. The molecule has 0 saturated carbocycles. The summed E-state index contributed by atoms with van der Waals surface area (Å²) in [5.74, 6) is -1.66. The number of amides is 2. The number of non-ortho nitro benzene ring substituents is 1. The molecule has 2 aromatic carbocycles. The summed E-state index contributed by atoms with van der Waals surface area (Å²) in [7, 11) is 0. The number of nitro groups is 1. The number of nitrogens with one attached hydrogen (secondary N) is 2. The fraction of sp³-hybridized carbons (Fsp3) is 0.0667. The summed E-state index contributed by atoms with van der Waals surface area (Å²) in [5, 5.41) is 10.5. The van der Waals surface area contributed by atoms with Crippen LogP contribution in [0.25, 0.3) is 0 Å². The van der Waals surface area contributed by atoms with Gasteiger partial charge in [0.1, 0.15) is 5.75 Å². The van der Waals surface area contributed by atoms with Crippen molar-refractivity contribution in [1.29, 1.82) is 0 Å². The summed E-state index contributed by atoms with van der Waals surface area (Å²) in [6.45, 7) is -3.03. The van der Waals surface area contributed by atoms with E-state index in [-0.39, 0.29) is 22.6 Å². The van der Waals surface area contributed by atoms with E-state index in [4.69, 9.17) is 0 Å². The van der Waals surface area contributed by atoms with E-state index in [0.717, 1.165) is 18.2 Å². The number of ether oxygens (including phenoxy) is 1. The molecular formula is C15H11F2N3O5. The number of benzene rings is 2. The molecule has 0 unspecified atom stereocenters. The highest BCUT2D eigenvalue weighted by atomic mass is 19.3. The highest BCUT2D eigenvalue weighted by molar-refractivity contribution is 5.99. The van der Waals surface area contributed by atoms with E-state index < -0.39 is 23.3 Å². The summed E-state index contributed by atoms with van der Waals surface area (Å²) in [6, 6.07) is 9.73. The van der Waals surface area contributed by atoms with Gasteiger partial charge in [-0.3, -0.25) is 30.6 Å². The van der Waals surface area contributed by atoms with Crippen LogP contribution in [0.15, 0.2) is 48.5 Å². The second-order valence-electron chi connectivity index (χ2n) is 4.62. The van der Waals surface area contributed by atoms with Gasteiger partial charge in [0.05, 0.1) is 4.92 Å². The molecule has 0 bridgehead atoms. The van der Waals surface area contributed by atoms with E-state index in [0.29, 0.717) is 0 Å². The van der Waals surface area contributed by atoms with Crippen molar-refractivity contribution in [3.05, 3.63) is 69.8 Å². The average Bonchev–Trinajstić information content (AvgIpc) is 2.59. The predicted octanol–water partition coefficient (Wildman–Crippen LogP) is 2.27. The Kier molecular flexibility index (Phi) is 5.56. The zero-order valence-corrected chi connectivity index (χ0v) is 12.4. The van der Waals surface area contributed by atoms with Gasteiger partial charge >= 0.3 is 6.61 Å². The monoisotopic (exact) mass is 351 g/mol. The first-order valence-electron chi connectivity index (χ1n) is 6.77. The van der Waals surface area contributed by atoms with Crippen molar-refractivity contribution in [3.8, 4) is 5.75 Å². The first kappa shape index (κ1) is 17.8. The van der Waals surface area contributed by atoms with Gasteiger partial charge in [-0.15, -0.1) is 0 Å². The lowest BCUT2D eigenvalue weighted by molar-refractivity contribution is -0.384. The molecule has 0 aliphatic carbocycles. The smallest absolute Gasteiger partial charge is 0.387 e. The molecule has 2 rings (SSSR count). The highest BCUT2D eigenvalue weighted by Crippen LogP contribution is 2.16. The van der Waals surface area contributed by atoms with Crippen molar-refractivity contribution >= 4 is 17.5 Å². The minimum absolute atomic E-state index is 0.0119. The van der Waals surface area contributed by atoms with Crippen LogP contribution in [0.1, 0.15) is 20.7 Å². The van der Waals surface area contributed by atoms with Gasteiger partial charge in [0, 0.05) is 23.3 Å². The number of halogens is 2. The Morgan fingerprint density at radius 1 is 1.00 bits per heavy atom. The van der Waals surface area contributed by atoms with Crippen LogP contribution in [-0.4, -0.2) is 23.3 Å². The van der Waals surface area contributed by atoms with Gasteiger partial charge < -0.3 is 4.74 Å². The Labute approximate surface area is 139 Å². The van der Waals surface area contributed by atoms with Crippen molar-refractivity contribution in [1.82, 2.24) is 10.9 Å². The molecule has 25 heavy (non-hydrogen) atoms. The standard InChI is InChI=1S/C15H11F2N3O5/c16-15(17)25-12-3-1-2-10(8-12)14(22)19-18-13(21)9-4-6-11(7-5-9)20(23)24/h1-8,15H,(H,18,21)(H,19,22). The van der Waals surface area contributed by atoms with Gasteiger partial charge in [0.15, 0.2) is 0 Å². The molecule has 0 aromatic heterocycles. The van der Waals surface area contributed by atoms with Gasteiger partial charge in [-0.2, -0.15) is 8.78 Å². The number of hydrogen-bond donors (Lipinski definition) is 2. The fourth-order valence-electron chi connectivity index (χ4n) is 1.81. The fourth-order valence-corrected chi connectivity index (χ4v) is 1.81. The lowest BCUT2D eigenvalue weighted by Crippen LogP contribution is -2.41. The molecule has 130 valence electrons. The van der Waals surface area contributed by atoms with E-state index in [1.807, 2.05) is 0 Å². The predicted molar refractivity (Wildman–Crippen MR) is 81.1 cm³/mol. The Morgan fingerprint density at radius 3 is 2.16 bits per heavy atom. The zero-order valence-electron chi connectivity index (χ0n) is 12.4. The molecule has 8 nitrogen and oxygen atoms in total. The van der Waals surface area contributed by atoms with Crippen molar-refractivity contribution in [3.63, 3.8) is 0 Å². The molecule has 2 aromatic rings. The minimum atomic E-state index is -3.03. The van der Waals surface area contributed by atoms with Gasteiger partial charge in [0.25, 0.3) is 17.5 Å². The molecule has 0 fully saturated rings. The minimum Gasteiger partial charge on any atom is -0.435 e. The quantitative estimate of drug-likeness (QED) is 0.634. The van der Waals surface area contributed by atoms with Crippen LogP contribution in [0, 0.1) is 10.1 Å². The maximum atomic E-state index is 12.2. The third-order valence-corrected chi connectivity index (χ3v) is 2.95. The van der Waals surface area contributed by atoms with E-state index >= 15 is 0 Å². The van der Waals surface area contributed by atoms with Gasteiger partial charge in [-0.05, 0) is 30.3 Å². The van der Waals surface area contributed by atoms with Gasteiger partial charge in [-0.25, -0.2) is 0 Å². The van der Waals surface area contributed by atoms with Crippen molar-refractivity contribution < 1.29 is 28.0 Å². The average molecular weight is 351 g/mol. The molecule has 0 atom stereocenters. The highest BCUT2D eigenvalue weighted by Gasteiger charge is 2.12. The number of carbonyl (C=O) groups excluding carboxylic acids is 2. The van der Waals surface area contributed by atoms with Gasteiger partial charge in [0.2, 0.25) is 0 Å². The molecular weight excluding hydrogens is 340 g/mol. The first-order valence-corrected chi connectivity index (χ1v) is 6.77. The molecule has 0 heterocycles. The maximum absolute atomic E-state index is 12.2. The van der Waals surface area contributed by atoms with E-state index in [1.54, 1.807) is 0 Å². The molecule has 0 aliphatic heterocycles. The summed E-state index contributed by atoms with van der Waals surface area (Å²) in [6.07, 6.45) is 0. The number of nitro benzene ring substituents is 1. The molecule has 0 aliphatic rings. The molecule has 0 spiro atoms. The van der Waals surface area contributed by atoms with Crippen LogP contribution < -0.4 is 15.6 Å². The van der Waals surface area contributed by atoms with E-state index in [2.05, 4.69) is 15.6 Å². The lowest BCUT2D eigenvalue weighted by Gasteiger charge is -2.09. The van der Waals surface area contributed by atoms with E-state index in [9.17, 15) is 28.5 Å². The Morgan fingerprint density at radius 2 is 1.60 bits per heavy atom. The van der Waals surface area contributed by atoms with Crippen LogP contribution in [0.5, 0.6) is 5.75 Å². The van der Waals surface area contributed by atoms with Crippen LogP contribution >= 0.6 is 0 Å². The molecule has 0 radical (unpaired) electrons. The molecule has 2 amide bonds. The Hall–Kier alpha value is -3.56. The Bertz CT molecular complexity index is 796. The number of nitrogens with zero attached hydrogens (tertiary/aromatic N) is 1. The van der Waals surface area contributed by atoms with Gasteiger partial charge in [-0.1, -0.05) is 6.07 Å². The summed E-state index contributed by atoms with van der Waals surface area (Å²) < 4.78 is 28.5. The molecule has 2 N–H and O–H groups in total. The topological polar surface area (TPSA) is 111 Å². The number of rotatable bonds is 5. The van der Waals surface area contributed by atoms with Crippen LogP contribution in [0.3, 0.4) is 0 Å². The second-order valence-corrected chi connectivity index (χ2v) is 4.62. The largest absolute Gasteiger partial charge is 0.435 e. The van der Waals surface area contributed by atoms with Crippen LogP contribution in [-0.2, 0) is 0 Å². The maximum Gasteiger partial charge on any atom is 0.387 e. The first-order chi connectivity index (χ1) is 11.9. The second kappa shape index (κ2) is 7.81. The number of carbonyl (C=O) groups is 2. The Balaban J connectivity index is 1.97. The normalized spacial score (nSPS) is 10.2. The lowest BCUT2D eigenvalue weighted by atomic mass is 10.2. The zero-order chi connectivity index (χ0) is 18.4. The van der Waals surface area contributed by atoms with E-state index in [1.165, 1.54) is 30.3 Å². The molecule has 0 saturated heterocycles. The van der Waals surface area contributed by atoms with Crippen LogP contribution in [0.2, 0.25) is 0 Å².